The molecule has 0 bridgehead atoms. The van der Waals surface area contributed by atoms with Crippen LogP contribution in [0.2, 0.25) is 0 Å². The summed E-state index contributed by atoms with van der Waals surface area (Å²) in [5.41, 5.74) is -0.742. The Morgan fingerprint density at radius 2 is 2.00 bits per heavy atom. The van der Waals surface area contributed by atoms with Gasteiger partial charge in [-0.25, -0.2) is 8.42 Å². The number of hydrogen-bond donors (Lipinski definition) is 1. The normalized spacial score (nSPS) is 12.0. The van der Waals surface area contributed by atoms with E-state index >= 15 is 0 Å². The van der Waals surface area contributed by atoms with Crippen LogP contribution in [0.4, 0.5) is 10.7 Å². The number of nitrogens with zero attached hydrogens (tertiary/aromatic N) is 2. The van der Waals surface area contributed by atoms with Crippen molar-refractivity contribution in [3.05, 3.63) is 16.2 Å². The second-order valence-electron chi connectivity index (χ2n) is 5.94. The Labute approximate surface area is 133 Å². The molecule has 0 aliphatic heterocycles. The van der Waals surface area contributed by atoms with Gasteiger partial charge >= 0.3 is 5.69 Å². The number of sulfone groups is 1. The van der Waals surface area contributed by atoms with Gasteiger partial charge in [-0.3, -0.25) is 14.9 Å². The molecule has 1 aromatic heterocycles. The zero-order valence-corrected chi connectivity index (χ0v) is 14.7. The molecule has 1 N–H and O–H groups in total. The predicted molar refractivity (Wildman–Crippen MR) is 85.2 cm³/mol. The standard InChI is InChI=1S/C12H19N3O5S2/c1-12(2,3)13-9(16)7-14(4)11-8(15(17)18)6-10(21-11)22(5,19)20/h6H,7H2,1-5H3,(H,13,16). The molecule has 1 rings (SSSR count). The summed E-state index contributed by atoms with van der Waals surface area (Å²) in [6.45, 7) is 5.35. The van der Waals surface area contributed by atoms with Gasteiger partial charge in [0.2, 0.25) is 5.91 Å². The molecule has 0 radical (unpaired) electrons. The number of nitro groups is 1. The van der Waals surface area contributed by atoms with E-state index in [1.165, 1.54) is 11.9 Å². The van der Waals surface area contributed by atoms with Crippen molar-refractivity contribution in [2.24, 2.45) is 0 Å². The van der Waals surface area contributed by atoms with E-state index in [1.807, 2.05) is 20.8 Å². The molecule has 8 nitrogen and oxygen atoms in total. The molecule has 124 valence electrons. The molecule has 0 saturated heterocycles. The van der Waals surface area contributed by atoms with E-state index in [-0.39, 0.29) is 27.3 Å². The first-order valence-corrected chi connectivity index (χ1v) is 9.02. The SMILES string of the molecule is CN(CC(=O)NC(C)(C)C)c1sc(S(C)(=O)=O)cc1[N+](=O)[O-]. The number of rotatable bonds is 5. The summed E-state index contributed by atoms with van der Waals surface area (Å²) < 4.78 is 23.0. The van der Waals surface area contributed by atoms with E-state index in [0.717, 1.165) is 23.7 Å². The molecule has 0 fully saturated rings. The van der Waals surface area contributed by atoms with Crippen LogP contribution < -0.4 is 10.2 Å². The molecule has 0 aliphatic rings. The topological polar surface area (TPSA) is 110 Å². The minimum atomic E-state index is -3.54. The quantitative estimate of drug-likeness (QED) is 0.636. The highest BCUT2D eigenvalue weighted by molar-refractivity contribution is 7.92. The van der Waals surface area contributed by atoms with Gasteiger partial charge < -0.3 is 10.2 Å². The van der Waals surface area contributed by atoms with Gasteiger partial charge in [-0.1, -0.05) is 11.3 Å². The Morgan fingerprint density at radius 1 is 1.45 bits per heavy atom. The largest absolute Gasteiger partial charge is 0.352 e. The van der Waals surface area contributed by atoms with Gasteiger partial charge in [-0.2, -0.15) is 0 Å². The molecule has 1 heterocycles. The minimum Gasteiger partial charge on any atom is -0.352 e. The fraction of sp³-hybridized carbons (Fsp3) is 0.583. The Kier molecular flexibility index (Phi) is 5.18. The van der Waals surface area contributed by atoms with Crippen LogP contribution in [-0.4, -0.2) is 44.6 Å². The first-order chi connectivity index (χ1) is 9.81. The van der Waals surface area contributed by atoms with Gasteiger partial charge in [-0.05, 0) is 20.8 Å². The van der Waals surface area contributed by atoms with Crippen molar-refractivity contribution in [1.29, 1.82) is 0 Å². The number of carbonyl (C=O) groups excluding carboxylic acids is 1. The highest BCUT2D eigenvalue weighted by Crippen LogP contribution is 2.39. The average molecular weight is 349 g/mol. The monoisotopic (exact) mass is 349 g/mol. The molecule has 1 aromatic rings. The number of carbonyl (C=O) groups is 1. The third-order valence-electron chi connectivity index (χ3n) is 2.47. The summed E-state index contributed by atoms with van der Waals surface area (Å²) in [7, 11) is -2.03. The fourth-order valence-electron chi connectivity index (χ4n) is 1.68. The van der Waals surface area contributed by atoms with Gasteiger partial charge in [0.1, 0.15) is 4.21 Å². The zero-order chi connectivity index (χ0) is 17.3. The van der Waals surface area contributed by atoms with Gasteiger partial charge in [0, 0.05) is 24.9 Å². The van der Waals surface area contributed by atoms with Crippen LogP contribution in [0.5, 0.6) is 0 Å². The van der Waals surface area contributed by atoms with Crippen LogP contribution >= 0.6 is 11.3 Å². The Balaban J connectivity index is 3.07. The Morgan fingerprint density at radius 3 is 2.41 bits per heavy atom. The lowest BCUT2D eigenvalue weighted by atomic mass is 10.1. The van der Waals surface area contributed by atoms with E-state index in [9.17, 15) is 23.3 Å². The molecule has 22 heavy (non-hydrogen) atoms. The van der Waals surface area contributed by atoms with Crippen LogP contribution in [0.25, 0.3) is 0 Å². The summed E-state index contributed by atoms with van der Waals surface area (Å²) in [6.07, 6.45) is 0.985. The maximum absolute atomic E-state index is 11.9. The number of hydrogen-bond acceptors (Lipinski definition) is 7. The number of nitrogens with one attached hydrogen (secondary N) is 1. The summed E-state index contributed by atoms with van der Waals surface area (Å²) >= 11 is 0.779. The molecule has 10 heteroatoms. The van der Waals surface area contributed by atoms with Crippen molar-refractivity contribution >= 4 is 37.8 Å². The van der Waals surface area contributed by atoms with Gasteiger partial charge in [-0.15, -0.1) is 0 Å². The number of anilines is 1. The highest BCUT2D eigenvalue weighted by atomic mass is 32.2. The zero-order valence-electron chi connectivity index (χ0n) is 13.0. The molecule has 0 spiro atoms. The lowest BCUT2D eigenvalue weighted by molar-refractivity contribution is -0.383. The fourth-order valence-corrected chi connectivity index (χ4v) is 3.67. The van der Waals surface area contributed by atoms with Crippen molar-refractivity contribution < 1.29 is 18.1 Å². The molecule has 0 unspecified atom stereocenters. The molecule has 0 aliphatic carbocycles. The maximum Gasteiger partial charge on any atom is 0.305 e. The van der Waals surface area contributed by atoms with Gasteiger partial charge in [0.05, 0.1) is 11.5 Å². The molecule has 0 saturated carbocycles. The highest BCUT2D eigenvalue weighted by Gasteiger charge is 2.27. The number of likely N-dealkylation sites (N-methyl/N-ethyl adjacent to an activating group) is 1. The van der Waals surface area contributed by atoms with Crippen LogP contribution in [0.1, 0.15) is 20.8 Å². The summed E-state index contributed by atoms with van der Waals surface area (Å²) in [5, 5.41) is 13.9. The third-order valence-corrected chi connectivity index (χ3v) is 5.52. The van der Waals surface area contributed by atoms with Crippen molar-refractivity contribution in [3.63, 3.8) is 0 Å². The minimum absolute atomic E-state index is 0.0997. The third kappa shape index (κ3) is 4.95. The van der Waals surface area contributed by atoms with Crippen LogP contribution in [0.15, 0.2) is 10.3 Å². The average Bonchev–Trinajstić information content (AvgIpc) is 2.69. The van der Waals surface area contributed by atoms with Crippen molar-refractivity contribution in [3.8, 4) is 0 Å². The maximum atomic E-state index is 11.9. The van der Waals surface area contributed by atoms with E-state index in [1.54, 1.807) is 0 Å². The Bertz CT molecular complexity index is 688. The van der Waals surface area contributed by atoms with Gasteiger partial charge in [0.25, 0.3) is 0 Å². The van der Waals surface area contributed by atoms with E-state index in [0.29, 0.717) is 0 Å². The second-order valence-corrected chi connectivity index (χ2v) is 9.21. The summed E-state index contributed by atoms with van der Waals surface area (Å²) in [5.74, 6) is -0.307. The van der Waals surface area contributed by atoms with Crippen molar-refractivity contribution in [2.75, 3.05) is 24.7 Å². The molecular formula is C12H19N3O5S2. The number of thiophene rings is 1. The van der Waals surface area contributed by atoms with Gasteiger partial charge in [0.15, 0.2) is 14.8 Å². The predicted octanol–water partition coefficient (Wildman–Crippen LogP) is 1.41. The molecule has 1 amide bonds. The molecule has 0 aromatic carbocycles. The molecule has 0 atom stereocenters. The number of amides is 1. The summed E-state index contributed by atoms with van der Waals surface area (Å²) in [6, 6.07) is 1.02. The van der Waals surface area contributed by atoms with Crippen LogP contribution in [0.3, 0.4) is 0 Å². The Hall–Kier alpha value is -1.68. The second kappa shape index (κ2) is 6.21. The van der Waals surface area contributed by atoms with Crippen LogP contribution in [0, 0.1) is 10.1 Å². The van der Waals surface area contributed by atoms with E-state index in [2.05, 4.69) is 5.32 Å². The lowest BCUT2D eigenvalue weighted by Crippen LogP contribution is -2.45. The van der Waals surface area contributed by atoms with E-state index < -0.39 is 20.3 Å². The van der Waals surface area contributed by atoms with E-state index in [4.69, 9.17) is 0 Å². The lowest BCUT2D eigenvalue weighted by Gasteiger charge is -2.23. The van der Waals surface area contributed by atoms with Crippen molar-refractivity contribution in [1.82, 2.24) is 5.32 Å². The summed E-state index contributed by atoms with van der Waals surface area (Å²) in [4.78, 5) is 23.7. The molecular weight excluding hydrogens is 330 g/mol. The van der Waals surface area contributed by atoms with Crippen molar-refractivity contribution in [2.45, 2.75) is 30.5 Å². The first-order valence-electron chi connectivity index (χ1n) is 6.31. The smallest absolute Gasteiger partial charge is 0.305 e. The first kappa shape index (κ1) is 18.4. The van der Waals surface area contributed by atoms with Crippen LogP contribution in [-0.2, 0) is 14.6 Å².